The second-order valence-corrected chi connectivity index (χ2v) is 8.43. The number of benzene rings is 3. The van der Waals surface area contributed by atoms with Crippen molar-refractivity contribution in [3.8, 4) is 23.0 Å². The second kappa shape index (κ2) is 10.2. The van der Waals surface area contributed by atoms with E-state index in [9.17, 15) is 9.90 Å². The molecule has 186 valence electrons. The minimum absolute atomic E-state index is 0.145. The SMILES string of the molecule is COc1ccc([C@H]2C=Cc3cc4c(cc3[C@H]2NC(=O)OCc2ccccc2)OCO4)c(CO)c1OC. The summed E-state index contributed by atoms with van der Waals surface area (Å²) < 4.78 is 27.7. The summed E-state index contributed by atoms with van der Waals surface area (Å²) in [4.78, 5) is 13.0. The second-order valence-electron chi connectivity index (χ2n) is 8.43. The molecule has 1 heterocycles. The van der Waals surface area contributed by atoms with Gasteiger partial charge in [-0.1, -0.05) is 48.6 Å². The first-order chi connectivity index (χ1) is 17.6. The van der Waals surface area contributed by atoms with Crippen molar-refractivity contribution in [2.75, 3.05) is 21.0 Å². The summed E-state index contributed by atoms with van der Waals surface area (Å²) in [6.07, 6.45) is 3.42. The normalized spacial score (nSPS) is 17.3. The molecule has 2 atom stereocenters. The van der Waals surface area contributed by atoms with Gasteiger partial charge in [-0.15, -0.1) is 0 Å². The van der Waals surface area contributed by atoms with E-state index in [-0.39, 0.29) is 25.9 Å². The number of ether oxygens (including phenoxy) is 5. The zero-order chi connectivity index (χ0) is 25.1. The lowest BCUT2D eigenvalue weighted by molar-refractivity contribution is 0.134. The van der Waals surface area contributed by atoms with Gasteiger partial charge in [-0.3, -0.25) is 0 Å². The van der Waals surface area contributed by atoms with Crippen LogP contribution in [0.15, 0.2) is 60.7 Å². The molecule has 0 bridgehead atoms. The van der Waals surface area contributed by atoms with Crippen molar-refractivity contribution < 1.29 is 33.6 Å². The largest absolute Gasteiger partial charge is 0.493 e. The number of carbonyl (C=O) groups is 1. The number of nitrogens with one attached hydrogen (secondary N) is 1. The van der Waals surface area contributed by atoms with Gasteiger partial charge in [0.1, 0.15) is 6.61 Å². The molecule has 8 nitrogen and oxygen atoms in total. The number of rotatable bonds is 7. The zero-order valence-corrected chi connectivity index (χ0v) is 20.0. The lowest BCUT2D eigenvalue weighted by Crippen LogP contribution is -2.34. The van der Waals surface area contributed by atoms with Crippen LogP contribution in [-0.2, 0) is 18.0 Å². The number of methoxy groups -OCH3 is 2. The van der Waals surface area contributed by atoms with E-state index in [1.54, 1.807) is 13.2 Å². The molecular formula is C28H27NO7. The zero-order valence-electron chi connectivity index (χ0n) is 20.0. The van der Waals surface area contributed by atoms with Crippen LogP contribution in [0.5, 0.6) is 23.0 Å². The van der Waals surface area contributed by atoms with Gasteiger partial charge in [0.2, 0.25) is 6.79 Å². The molecule has 0 saturated heterocycles. The van der Waals surface area contributed by atoms with Crippen molar-refractivity contribution in [3.63, 3.8) is 0 Å². The maximum Gasteiger partial charge on any atom is 0.407 e. The highest BCUT2D eigenvalue weighted by Gasteiger charge is 2.34. The average Bonchev–Trinajstić information content (AvgIpc) is 3.38. The summed E-state index contributed by atoms with van der Waals surface area (Å²) in [6, 6.07) is 16.4. The molecule has 2 aliphatic rings. The molecule has 0 radical (unpaired) electrons. The van der Waals surface area contributed by atoms with Crippen LogP contribution >= 0.6 is 0 Å². The van der Waals surface area contributed by atoms with E-state index >= 15 is 0 Å². The van der Waals surface area contributed by atoms with Crippen molar-refractivity contribution >= 4 is 12.2 Å². The lowest BCUT2D eigenvalue weighted by Gasteiger charge is -2.32. The third-order valence-electron chi connectivity index (χ3n) is 6.44. The van der Waals surface area contributed by atoms with Gasteiger partial charge in [0.25, 0.3) is 0 Å². The Morgan fingerprint density at radius 2 is 1.81 bits per heavy atom. The van der Waals surface area contributed by atoms with Gasteiger partial charge < -0.3 is 34.1 Å². The van der Waals surface area contributed by atoms with E-state index in [1.165, 1.54) is 7.11 Å². The highest BCUT2D eigenvalue weighted by atomic mass is 16.7. The van der Waals surface area contributed by atoms with Crippen LogP contribution < -0.4 is 24.3 Å². The van der Waals surface area contributed by atoms with Crippen LogP contribution in [-0.4, -0.2) is 32.2 Å². The first kappa shape index (κ1) is 23.6. The Bertz CT molecular complexity index is 1290. The molecule has 1 aliphatic carbocycles. The maximum absolute atomic E-state index is 13.0. The number of alkyl carbamates (subject to hydrolysis) is 1. The standard InChI is InChI=1S/C28H27NO7/c1-32-23-11-10-19(22(14-30)27(23)33-2)20-9-8-18-12-24-25(36-16-35-24)13-21(18)26(20)29-28(31)34-15-17-6-4-3-5-7-17/h3-13,20,26,30H,14-16H2,1-2H3,(H,29,31)/t20-,26+/m1/s1. The highest BCUT2D eigenvalue weighted by molar-refractivity contribution is 5.72. The highest BCUT2D eigenvalue weighted by Crippen LogP contribution is 2.47. The van der Waals surface area contributed by atoms with Crippen molar-refractivity contribution in [2.24, 2.45) is 0 Å². The molecule has 0 spiro atoms. The third-order valence-corrected chi connectivity index (χ3v) is 6.44. The van der Waals surface area contributed by atoms with E-state index in [0.29, 0.717) is 28.6 Å². The number of hydrogen-bond acceptors (Lipinski definition) is 7. The summed E-state index contributed by atoms with van der Waals surface area (Å²) in [5.41, 5.74) is 4.01. The monoisotopic (exact) mass is 489 g/mol. The van der Waals surface area contributed by atoms with Gasteiger partial charge in [0, 0.05) is 11.5 Å². The molecule has 0 aromatic heterocycles. The van der Waals surface area contributed by atoms with Gasteiger partial charge in [-0.05, 0) is 40.5 Å². The Kier molecular flexibility index (Phi) is 6.69. The smallest absolute Gasteiger partial charge is 0.407 e. The fourth-order valence-electron chi connectivity index (χ4n) is 4.72. The molecule has 0 fully saturated rings. The summed E-state index contributed by atoms with van der Waals surface area (Å²) >= 11 is 0. The molecule has 1 aliphatic heterocycles. The van der Waals surface area contributed by atoms with E-state index < -0.39 is 12.1 Å². The molecule has 8 heteroatoms. The van der Waals surface area contributed by atoms with E-state index in [1.807, 2.05) is 60.7 Å². The van der Waals surface area contributed by atoms with Crippen molar-refractivity contribution in [2.45, 2.75) is 25.2 Å². The van der Waals surface area contributed by atoms with E-state index in [2.05, 4.69) is 5.32 Å². The lowest BCUT2D eigenvalue weighted by atomic mass is 9.79. The number of aliphatic hydroxyl groups is 1. The molecule has 5 rings (SSSR count). The molecule has 3 aromatic carbocycles. The topological polar surface area (TPSA) is 95.5 Å². The van der Waals surface area contributed by atoms with Gasteiger partial charge in [-0.2, -0.15) is 0 Å². The fourth-order valence-corrected chi connectivity index (χ4v) is 4.72. The Hall–Kier alpha value is -4.17. The van der Waals surface area contributed by atoms with Crippen molar-refractivity contribution in [1.82, 2.24) is 5.32 Å². The molecule has 0 saturated carbocycles. The molecule has 36 heavy (non-hydrogen) atoms. The van der Waals surface area contributed by atoms with Gasteiger partial charge in [0.05, 0.1) is 26.9 Å². The summed E-state index contributed by atoms with van der Waals surface area (Å²) in [5.74, 6) is 1.91. The predicted octanol–water partition coefficient (Wildman–Crippen LogP) is 4.70. The van der Waals surface area contributed by atoms with Crippen LogP contribution in [0.1, 0.15) is 39.8 Å². The first-order valence-corrected chi connectivity index (χ1v) is 11.6. The van der Waals surface area contributed by atoms with Crippen molar-refractivity contribution in [3.05, 3.63) is 88.5 Å². The van der Waals surface area contributed by atoms with Gasteiger partial charge in [0.15, 0.2) is 23.0 Å². The van der Waals surface area contributed by atoms with Gasteiger partial charge >= 0.3 is 6.09 Å². The quantitative estimate of drug-likeness (QED) is 0.497. The number of amides is 1. The fraction of sp³-hybridized carbons (Fsp3) is 0.250. The Balaban J connectivity index is 1.52. The molecular weight excluding hydrogens is 462 g/mol. The number of fused-ring (bicyclic) bond motifs is 2. The van der Waals surface area contributed by atoms with Gasteiger partial charge in [-0.25, -0.2) is 4.79 Å². The summed E-state index contributed by atoms with van der Waals surface area (Å²) in [5, 5.41) is 13.3. The Morgan fingerprint density at radius 3 is 2.53 bits per heavy atom. The van der Waals surface area contributed by atoms with Crippen molar-refractivity contribution in [1.29, 1.82) is 0 Å². The minimum atomic E-state index is -0.557. The molecule has 3 aromatic rings. The van der Waals surface area contributed by atoms with Crippen LogP contribution in [0.4, 0.5) is 4.79 Å². The molecule has 0 unspecified atom stereocenters. The predicted molar refractivity (Wildman–Crippen MR) is 132 cm³/mol. The van der Waals surface area contributed by atoms with E-state index in [4.69, 9.17) is 23.7 Å². The van der Waals surface area contributed by atoms with Crippen LogP contribution in [0.25, 0.3) is 6.08 Å². The van der Waals surface area contributed by atoms with E-state index in [0.717, 1.165) is 22.3 Å². The number of hydrogen-bond donors (Lipinski definition) is 2. The Morgan fingerprint density at radius 1 is 1.03 bits per heavy atom. The maximum atomic E-state index is 13.0. The number of aliphatic hydroxyl groups excluding tert-OH is 1. The average molecular weight is 490 g/mol. The Labute approximate surface area is 209 Å². The third kappa shape index (κ3) is 4.43. The summed E-state index contributed by atoms with van der Waals surface area (Å²) in [7, 11) is 3.08. The van der Waals surface area contributed by atoms with Crippen LogP contribution in [0.2, 0.25) is 0 Å². The van der Waals surface area contributed by atoms with Crippen LogP contribution in [0, 0.1) is 0 Å². The molecule has 2 N–H and O–H groups in total. The first-order valence-electron chi connectivity index (χ1n) is 11.6. The summed E-state index contributed by atoms with van der Waals surface area (Å²) in [6.45, 7) is 0.0261. The number of carbonyl (C=O) groups excluding carboxylic acids is 1. The minimum Gasteiger partial charge on any atom is -0.493 e. The van der Waals surface area contributed by atoms with Crippen LogP contribution in [0.3, 0.4) is 0 Å². The molecule has 1 amide bonds.